The van der Waals surface area contributed by atoms with Gasteiger partial charge in [-0.05, 0) is 29.5 Å². The van der Waals surface area contributed by atoms with Crippen molar-refractivity contribution >= 4 is 11.3 Å². The molecular formula is C11H10N6S. The number of aromatic nitrogens is 6. The number of nitrogens with zero attached hydrogens (tertiary/aromatic N) is 6. The van der Waals surface area contributed by atoms with E-state index >= 15 is 0 Å². The van der Waals surface area contributed by atoms with E-state index in [9.17, 15) is 0 Å². The van der Waals surface area contributed by atoms with Gasteiger partial charge in [0.2, 0.25) is 0 Å². The first-order valence-corrected chi connectivity index (χ1v) is 6.29. The molecule has 90 valence electrons. The Morgan fingerprint density at radius 2 is 2.28 bits per heavy atom. The molecule has 0 amide bonds. The van der Waals surface area contributed by atoms with E-state index in [0.29, 0.717) is 6.54 Å². The van der Waals surface area contributed by atoms with Crippen molar-refractivity contribution in [3.05, 3.63) is 41.3 Å². The van der Waals surface area contributed by atoms with Crippen molar-refractivity contribution in [3.63, 3.8) is 0 Å². The Bertz CT molecular complexity index is 644. The summed E-state index contributed by atoms with van der Waals surface area (Å²) in [7, 11) is 0. The molecule has 0 radical (unpaired) electrons. The minimum atomic E-state index is 0.585. The third-order valence-electron chi connectivity index (χ3n) is 2.46. The molecule has 0 spiro atoms. The molecule has 3 aromatic heterocycles. The number of thiazole rings is 1. The highest BCUT2D eigenvalue weighted by molar-refractivity contribution is 7.13. The average molecular weight is 258 g/mol. The van der Waals surface area contributed by atoms with Crippen LogP contribution in [0.25, 0.3) is 10.7 Å². The van der Waals surface area contributed by atoms with Crippen molar-refractivity contribution < 1.29 is 0 Å². The van der Waals surface area contributed by atoms with Crippen LogP contribution in [-0.4, -0.2) is 30.2 Å². The molecule has 18 heavy (non-hydrogen) atoms. The Morgan fingerprint density at radius 3 is 3.00 bits per heavy atom. The van der Waals surface area contributed by atoms with Crippen molar-refractivity contribution in [1.29, 1.82) is 0 Å². The van der Waals surface area contributed by atoms with Crippen LogP contribution in [-0.2, 0) is 6.54 Å². The maximum atomic E-state index is 4.54. The second-order valence-electron chi connectivity index (χ2n) is 3.74. The number of pyridine rings is 1. The Hall–Kier alpha value is -2.15. The second-order valence-corrected chi connectivity index (χ2v) is 4.60. The van der Waals surface area contributed by atoms with E-state index in [-0.39, 0.29) is 0 Å². The number of tetrazole rings is 1. The molecule has 0 unspecified atom stereocenters. The van der Waals surface area contributed by atoms with Gasteiger partial charge in [0.1, 0.15) is 10.8 Å². The van der Waals surface area contributed by atoms with E-state index < -0.39 is 0 Å². The summed E-state index contributed by atoms with van der Waals surface area (Å²) in [5.41, 5.74) is 1.83. The minimum absolute atomic E-state index is 0.585. The van der Waals surface area contributed by atoms with Gasteiger partial charge >= 0.3 is 0 Å². The average Bonchev–Trinajstić information content (AvgIpc) is 3.02. The van der Waals surface area contributed by atoms with Gasteiger partial charge in [0.25, 0.3) is 0 Å². The zero-order valence-electron chi connectivity index (χ0n) is 9.69. The van der Waals surface area contributed by atoms with Gasteiger partial charge in [0, 0.05) is 11.6 Å². The molecule has 3 rings (SSSR count). The molecule has 0 N–H and O–H groups in total. The molecule has 0 aliphatic rings. The van der Waals surface area contributed by atoms with Crippen LogP contribution in [0.5, 0.6) is 0 Å². The fraction of sp³-hybridized carbons (Fsp3) is 0.182. The lowest BCUT2D eigenvalue weighted by atomic mass is 10.4. The summed E-state index contributed by atoms with van der Waals surface area (Å²) in [4.78, 5) is 8.81. The third-order valence-corrected chi connectivity index (χ3v) is 3.37. The highest BCUT2D eigenvalue weighted by Crippen LogP contribution is 2.21. The molecule has 0 saturated heterocycles. The third kappa shape index (κ3) is 2.12. The van der Waals surface area contributed by atoms with Crippen LogP contribution in [0.3, 0.4) is 0 Å². The predicted molar refractivity (Wildman–Crippen MR) is 67.0 cm³/mol. The fourth-order valence-corrected chi connectivity index (χ4v) is 2.32. The van der Waals surface area contributed by atoms with Crippen molar-refractivity contribution in [2.75, 3.05) is 0 Å². The molecule has 0 aliphatic heterocycles. The highest BCUT2D eigenvalue weighted by atomic mass is 32.1. The van der Waals surface area contributed by atoms with E-state index in [1.165, 1.54) is 0 Å². The Balaban J connectivity index is 1.84. The number of hydrogen-bond acceptors (Lipinski definition) is 6. The van der Waals surface area contributed by atoms with E-state index in [4.69, 9.17) is 0 Å². The molecule has 6 nitrogen and oxygen atoms in total. The summed E-state index contributed by atoms with van der Waals surface area (Å²) in [5, 5.41) is 14.3. The van der Waals surface area contributed by atoms with Gasteiger partial charge in [-0.25, -0.2) is 9.67 Å². The fourth-order valence-electron chi connectivity index (χ4n) is 1.54. The van der Waals surface area contributed by atoms with Crippen LogP contribution in [0, 0.1) is 6.92 Å². The minimum Gasteiger partial charge on any atom is -0.254 e. The van der Waals surface area contributed by atoms with Crippen LogP contribution in [0.1, 0.15) is 11.5 Å². The summed E-state index contributed by atoms with van der Waals surface area (Å²) in [6, 6.07) is 5.79. The zero-order valence-corrected chi connectivity index (χ0v) is 10.5. The van der Waals surface area contributed by atoms with Crippen LogP contribution in [0.15, 0.2) is 29.8 Å². The SMILES string of the molecule is Cc1nnnn1Cc1csc(-c2ccccn2)n1. The van der Waals surface area contributed by atoms with Crippen LogP contribution in [0.4, 0.5) is 0 Å². The van der Waals surface area contributed by atoms with Crippen molar-refractivity contribution in [3.8, 4) is 10.7 Å². The monoisotopic (exact) mass is 258 g/mol. The largest absolute Gasteiger partial charge is 0.254 e. The van der Waals surface area contributed by atoms with Crippen LogP contribution >= 0.6 is 11.3 Å². The summed E-state index contributed by atoms with van der Waals surface area (Å²) < 4.78 is 1.72. The lowest BCUT2D eigenvalue weighted by molar-refractivity contribution is 0.625. The molecule has 7 heteroatoms. The molecule has 0 bridgehead atoms. The maximum Gasteiger partial charge on any atom is 0.148 e. The maximum absolute atomic E-state index is 4.54. The first-order chi connectivity index (χ1) is 8.83. The number of aryl methyl sites for hydroxylation is 1. The van der Waals surface area contributed by atoms with Gasteiger partial charge in [0.15, 0.2) is 0 Å². The second kappa shape index (κ2) is 4.61. The number of hydrogen-bond donors (Lipinski definition) is 0. The molecule has 0 saturated carbocycles. The van der Waals surface area contributed by atoms with Gasteiger partial charge < -0.3 is 0 Å². The topological polar surface area (TPSA) is 69.4 Å². The van der Waals surface area contributed by atoms with Crippen molar-refractivity contribution in [2.24, 2.45) is 0 Å². The molecule has 0 atom stereocenters. The summed E-state index contributed by atoms with van der Waals surface area (Å²) >= 11 is 1.57. The lowest BCUT2D eigenvalue weighted by Gasteiger charge is -1.97. The quantitative estimate of drug-likeness (QED) is 0.713. The molecular weight excluding hydrogens is 248 g/mol. The standard InChI is InChI=1S/C11H10N6S/c1-8-14-15-16-17(8)6-9-7-18-11(13-9)10-4-2-3-5-12-10/h2-5,7H,6H2,1H3. The summed E-state index contributed by atoms with van der Waals surface area (Å²) in [5.74, 6) is 0.780. The molecule has 0 aromatic carbocycles. The lowest BCUT2D eigenvalue weighted by Crippen LogP contribution is -2.04. The first-order valence-electron chi connectivity index (χ1n) is 5.41. The van der Waals surface area contributed by atoms with Crippen molar-refractivity contribution in [2.45, 2.75) is 13.5 Å². The van der Waals surface area contributed by atoms with Gasteiger partial charge in [-0.2, -0.15) is 0 Å². The van der Waals surface area contributed by atoms with E-state index in [2.05, 4.69) is 25.5 Å². The van der Waals surface area contributed by atoms with E-state index in [1.54, 1.807) is 22.2 Å². The van der Waals surface area contributed by atoms with Crippen LogP contribution < -0.4 is 0 Å². The van der Waals surface area contributed by atoms with E-state index in [0.717, 1.165) is 22.2 Å². The normalized spacial score (nSPS) is 10.7. The molecule has 0 aliphatic carbocycles. The number of rotatable bonds is 3. The van der Waals surface area contributed by atoms with Crippen LogP contribution in [0.2, 0.25) is 0 Å². The molecule has 0 fully saturated rings. The smallest absolute Gasteiger partial charge is 0.148 e. The molecule has 3 heterocycles. The Morgan fingerprint density at radius 1 is 1.33 bits per heavy atom. The van der Waals surface area contributed by atoms with Gasteiger partial charge in [-0.3, -0.25) is 4.98 Å². The predicted octanol–water partition coefficient (Wildman–Crippen LogP) is 1.55. The zero-order chi connectivity index (χ0) is 12.4. The molecule has 3 aromatic rings. The summed E-state index contributed by atoms with van der Waals surface area (Å²) in [6.45, 7) is 2.45. The van der Waals surface area contributed by atoms with E-state index in [1.807, 2.05) is 30.5 Å². The highest BCUT2D eigenvalue weighted by Gasteiger charge is 2.08. The Labute approximate surface area is 107 Å². The van der Waals surface area contributed by atoms with Gasteiger partial charge in [-0.15, -0.1) is 16.4 Å². The first kappa shape index (κ1) is 11.0. The summed E-state index contributed by atoms with van der Waals surface area (Å²) in [6.07, 6.45) is 1.77. The van der Waals surface area contributed by atoms with Crippen molar-refractivity contribution in [1.82, 2.24) is 30.2 Å². The van der Waals surface area contributed by atoms with Gasteiger partial charge in [0.05, 0.1) is 17.9 Å². The van der Waals surface area contributed by atoms with Gasteiger partial charge in [-0.1, -0.05) is 6.07 Å². The Kier molecular flexibility index (Phi) is 2.81.